The number of ether oxygens (including phenoxy) is 1. The van der Waals surface area contributed by atoms with Crippen LogP contribution in [0.5, 0.6) is 0 Å². The average molecular weight is 262 g/mol. The summed E-state index contributed by atoms with van der Waals surface area (Å²) in [6.45, 7) is 3.72. The van der Waals surface area contributed by atoms with Crippen LogP contribution in [0.4, 0.5) is 5.69 Å². The maximum atomic E-state index is 11.4. The minimum absolute atomic E-state index is 0.241. The number of hydrogen-bond donors (Lipinski definition) is 2. The first-order valence-corrected chi connectivity index (χ1v) is 6.04. The summed E-state index contributed by atoms with van der Waals surface area (Å²) in [7, 11) is 0. The Morgan fingerprint density at radius 3 is 2.53 bits per heavy atom. The number of carbonyl (C=O) groups excluding carboxylic acids is 2. The fourth-order valence-corrected chi connectivity index (χ4v) is 1.29. The average Bonchev–Trinajstić information content (AvgIpc) is 2.38. The fraction of sp³-hybridized carbons (Fsp3) is 0.286. The van der Waals surface area contributed by atoms with Crippen LogP contribution in [-0.2, 0) is 14.3 Å². The molecule has 5 nitrogen and oxygen atoms in total. The monoisotopic (exact) mass is 262 g/mol. The minimum atomic E-state index is -0.552. The molecule has 102 valence electrons. The Labute approximate surface area is 112 Å². The van der Waals surface area contributed by atoms with Gasteiger partial charge in [0.1, 0.15) is 0 Å². The summed E-state index contributed by atoms with van der Waals surface area (Å²) in [5.41, 5.74) is 6.95. The van der Waals surface area contributed by atoms with E-state index in [1.807, 2.05) is 0 Å². The van der Waals surface area contributed by atoms with E-state index >= 15 is 0 Å². The van der Waals surface area contributed by atoms with Crippen molar-refractivity contribution in [3.05, 3.63) is 35.9 Å². The molecule has 0 aliphatic heterocycles. The van der Waals surface area contributed by atoms with Gasteiger partial charge in [-0.3, -0.25) is 4.79 Å². The molecule has 0 saturated carbocycles. The molecule has 0 radical (unpaired) electrons. The molecule has 1 amide bonds. The van der Waals surface area contributed by atoms with Crippen LogP contribution in [0.1, 0.15) is 19.4 Å². The second kappa shape index (κ2) is 7.33. The van der Waals surface area contributed by atoms with Crippen molar-refractivity contribution >= 4 is 23.6 Å². The van der Waals surface area contributed by atoms with Crippen molar-refractivity contribution in [3.8, 4) is 0 Å². The van der Waals surface area contributed by atoms with Crippen LogP contribution in [-0.4, -0.2) is 24.5 Å². The van der Waals surface area contributed by atoms with Gasteiger partial charge in [-0.25, -0.2) is 4.79 Å². The van der Waals surface area contributed by atoms with Gasteiger partial charge in [0.25, 0.3) is 0 Å². The molecular formula is C14H18N2O3. The second-order valence-corrected chi connectivity index (χ2v) is 3.99. The zero-order valence-electron chi connectivity index (χ0n) is 11.1. The van der Waals surface area contributed by atoms with Crippen molar-refractivity contribution in [3.63, 3.8) is 0 Å². The molecular weight excluding hydrogens is 244 g/mol. The highest BCUT2D eigenvalue weighted by atomic mass is 16.5. The van der Waals surface area contributed by atoms with E-state index in [1.54, 1.807) is 44.2 Å². The van der Waals surface area contributed by atoms with Gasteiger partial charge in [-0.15, -0.1) is 0 Å². The van der Waals surface area contributed by atoms with Crippen molar-refractivity contribution in [1.82, 2.24) is 0 Å². The van der Waals surface area contributed by atoms with Crippen LogP contribution < -0.4 is 11.1 Å². The number of anilines is 1. The van der Waals surface area contributed by atoms with Crippen molar-refractivity contribution in [2.45, 2.75) is 19.9 Å². The second-order valence-electron chi connectivity index (χ2n) is 3.99. The molecule has 0 spiro atoms. The molecule has 0 bridgehead atoms. The van der Waals surface area contributed by atoms with Crippen LogP contribution in [0.25, 0.3) is 6.08 Å². The van der Waals surface area contributed by atoms with E-state index in [2.05, 4.69) is 5.32 Å². The summed E-state index contributed by atoms with van der Waals surface area (Å²) >= 11 is 0. The van der Waals surface area contributed by atoms with Crippen molar-refractivity contribution < 1.29 is 14.3 Å². The maximum Gasteiger partial charge on any atom is 0.330 e. The summed E-state index contributed by atoms with van der Waals surface area (Å²) in [4.78, 5) is 22.5. The smallest absolute Gasteiger partial charge is 0.330 e. The van der Waals surface area contributed by atoms with Crippen LogP contribution in [0, 0.1) is 0 Å². The number of hydrogen-bond acceptors (Lipinski definition) is 4. The van der Waals surface area contributed by atoms with Crippen molar-refractivity contribution in [2.75, 3.05) is 11.9 Å². The van der Waals surface area contributed by atoms with E-state index in [-0.39, 0.29) is 11.9 Å². The zero-order valence-corrected chi connectivity index (χ0v) is 11.1. The molecule has 0 fully saturated rings. The Kier molecular flexibility index (Phi) is 5.75. The summed E-state index contributed by atoms with van der Waals surface area (Å²) < 4.78 is 4.77. The lowest BCUT2D eigenvalue weighted by molar-refractivity contribution is -0.137. The van der Waals surface area contributed by atoms with Crippen molar-refractivity contribution in [1.29, 1.82) is 0 Å². The molecule has 1 aromatic carbocycles. The number of nitrogens with two attached hydrogens (primary N) is 1. The van der Waals surface area contributed by atoms with E-state index in [4.69, 9.17) is 10.5 Å². The van der Waals surface area contributed by atoms with E-state index in [9.17, 15) is 9.59 Å². The summed E-state index contributed by atoms with van der Waals surface area (Å²) in [5.74, 6) is -0.619. The molecule has 1 unspecified atom stereocenters. The third-order valence-corrected chi connectivity index (χ3v) is 2.29. The van der Waals surface area contributed by atoms with Crippen LogP contribution >= 0.6 is 0 Å². The molecule has 0 saturated heterocycles. The van der Waals surface area contributed by atoms with E-state index < -0.39 is 6.04 Å². The summed E-state index contributed by atoms with van der Waals surface area (Å²) in [5, 5.41) is 2.67. The van der Waals surface area contributed by atoms with Gasteiger partial charge >= 0.3 is 5.97 Å². The minimum Gasteiger partial charge on any atom is -0.463 e. The van der Waals surface area contributed by atoms with Crippen LogP contribution in [0.3, 0.4) is 0 Å². The van der Waals surface area contributed by atoms with Gasteiger partial charge < -0.3 is 15.8 Å². The van der Waals surface area contributed by atoms with E-state index in [1.165, 1.54) is 6.08 Å². The van der Waals surface area contributed by atoms with Crippen LogP contribution in [0.15, 0.2) is 30.3 Å². The first-order chi connectivity index (χ1) is 9.02. The normalized spacial score (nSPS) is 12.2. The molecule has 3 N–H and O–H groups in total. The third kappa shape index (κ3) is 5.35. The summed E-state index contributed by atoms with van der Waals surface area (Å²) in [6, 6.07) is 6.50. The molecule has 5 heteroatoms. The first-order valence-electron chi connectivity index (χ1n) is 6.04. The fourth-order valence-electron chi connectivity index (χ4n) is 1.29. The predicted molar refractivity (Wildman–Crippen MR) is 74.4 cm³/mol. The van der Waals surface area contributed by atoms with Gasteiger partial charge in [-0.1, -0.05) is 12.1 Å². The van der Waals surface area contributed by atoms with Gasteiger partial charge in [-0.2, -0.15) is 0 Å². The van der Waals surface area contributed by atoms with Gasteiger partial charge in [-0.05, 0) is 37.6 Å². The summed E-state index contributed by atoms with van der Waals surface area (Å²) in [6.07, 6.45) is 3.01. The van der Waals surface area contributed by atoms with Gasteiger partial charge in [0.15, 0.2) is 0 Å². The molecule has 0 aliphatic carbocycles. The van der Waals surface area contributed by atoms with Gasteiger partial charge in [0, 0.05) is 11.8 Å². The molecule has 1 aromatic rings. The van der Waals surface area contributed by atoms with E-state index in [0.29, 0.717) is 12.3 Å². The van der Waals surface area contributed by atoms with Crippen LogP contribution in [0.2, 0.25) is 0 Å². The predicted octanol–water partition coefficient (Wildman–Crippen LogP) is 1.55. The van der Waals surface area contributed by atoms with Crippen molar-refractivity contribution in [2.24, 2.45) is 5.73 Å². The lowest BCUT2D eigenvalue weighted by atomic mass is 10.2. The number of carbonyl (C=O) groups is 2. The number of rotatable bonds is 5. The Hall–Kier alpha value is -2.14. The first kappa shape index (κ1) is 14.9. The van der Waals surface area contributed by atoms with Gasteiger partial charge in [0.05, 0.1) is 12.6 Å². The molecule has 0 aliphatic rings. The highest BCUT2D eigenvalue weighted by Gasteiger charge is 2.06. The highest BCUT2D eigenvalue weighted by Crippen LogP contribution is 2.11. The SMILES string of the molecule is CCOC(=O)C=Cc1ccc(NC(=O)C(C)N)cc1. The zero-order chi connectivity index (χ0) is 14.3. The maximum absolute atomic E-state index is 11.4. The lowest BCUT2D eigenvalue weighted by Gasteiger charge is -2.07. The third-order valence-electron chi connectivity index (χ3n) is 2.29. The highest BCUT2D eigenvalue weighted by molar-refractivity contribution is 5.94. The topological polar surface area (TPSA) is 81.4 Å². The standard InChI is InChI=1S/C14H18N2O3/c1-3-19-13(17)9-6-11-4-7-12(8-5-11)16-14(18)10(2)15/h4-10H,3,15H2,1-2H3,(H,16,18). The molecule has 1 rings (SSSR count). The number of amides is 1. The Morgan fingerprint density at radius 2 is 2.00 bits per heavy atom. The molecule has 19 heavy (non-hydrogen) atoms. The number of nitrogens with one attached hydrogen (secondary N) is 1. The quantitative estimate of drug-likeness (QED) is 0.623. The Bertz CT molecular complexity index is 464. The van der Waals surface area contributed by atoms with Gasteiger partial charge in [0.2, 0.25) is 5.91 Å². The molecule has 0 heterocycles. The largest absolute Gasteiger partial charge is 0.463 e. The van der Waals surface area contributed by atoms with E-state index in [0.717, 1.165) is 5.56 Å². The Morgan fingerprint density at radius 1 is 1.37 bits per heavy atom. The molecule has 0 aromatic heterocycles. The molecule has 1 atom stereocenters. The Balaban J connectivity index is 2.61. The number of esters is 1. The lowest BCUT2D eigenvalue weighted by Crippen LogP contribution is -2.32. The number of benzene rings is 1.